The molecular formula is C8H11N3O4S. The fraction of sp³-hybridized carbons (Fsp3) is 0.250. The molecule has 1 aromatic rings. The van der Waals surface area contributed by atoms with E-state index in [1.165, 1.54) is 0 Å². The fourth-order valence-electron chi connectivity index (χ4n) is 1.14. The van der Waals surface area contributed by atoms with Gasteiger partial charge in [-0.05, 0) is 12.1 Å². The van der Waals surface area contributed by atoms with Crippen molar-refractivity contribution in [2.24, 2.45) is 0 Å². The minimum absolute atomic E-state index is 0.0857. The van der Waals surface area contributed by atoms with Crippen LogP contribution in [-0.4, -0.2) is 19.9 Å². The predicted octanol–water partition coefficient (Wildman–Crippen LogP) is 0.475. The number of nitrogens with two attached hydrogens (primary N) is 1. The lowest BCUT2D eigenvalue weighted by Gasteiger charge is -2.05. The zero-order valence-corrected chi connectivity index (χ0v) is 9.32. The summed E-state index contributed by atoms with van der Waals surface area (Å²) in [5, 5.41) is 10.5. The third-order valence-electron chi connectivity index (χ3n) is 1.84. The van der Waals surface area contributed by atoms with Crippen LogP contribution < -0.4 is 10.5 Å². The van der Waals surface area contributed by atoms with Gasteiger partial charge in [0.2, 0.25) is 10.0 Å². The maximum atomic E-state index is 11.5. The molecule has 0 aliphatic heterocycles. The van der Waals surface area contributed by atoms with Gasteiger partial charge in [0.15, 0.2) is 0 Å². The standard InChI is InChI=1S/C8H11N3O4S/c1-2-10-16(14,15)6-3-4-8(11(12)13)7(9)5-6/h3-5,10H,2,9H2,1H3. The maximum Gasteiger partial charge on any atom is 0.292 e. The first-order chi connectivity index (χ1) is 7.38. The van der Waals surface area contributed by atoms with Crippen molar-refractivity contribution in [1.82, 2.24) is 4.72 Å². The fourth-order valence-corrected chi connectivity index (χ4v) is 2.22. The summed E-state index contributed by atoms with van der Waals surface area (Å²) in [6, 6.07) is 3.28. The van der Waals surface area contributed by atoms with Crippen LogP contribution in [0.2, 0.25) is 0 Å². The van der Waals surface area contributed by atoms with Gasteiger partial charge in [-0.1, -0.05) is 6.92 Å². The third-order valence-corrected chi connectivity index (χ3v) is 3.38. The molecule has 0 atom stereocenters. The molecule has 1 rings (SSSR count). The molecular weight excluding hydrogens is 234 g/mol. The Labute approximate surface area is 92.5 Å². The molecule has 0 aromatic heterocycles. The van der Waals surface area contributed by atoms with Crippen LogP contribution >= 0.6 is 0 Å². The summed E-state index contributed by atoms with van der Waals surface area (Å²) in [6.07, 6.45) is 0. The van der Waals surface area contributed by atoms with Crippen molar-refractivity contribution in [3.05, 3.63) is 28.3 Å². The van der Waals surface area contributed by atoms with Crippen molar-refractivity contribution < 1.29 is 13.3 Å². The van der Waals surface area contributed by atoms with E-state index >= 15 is 0 Å². The Balaban J connectivity index is 3.21. The van der Waals surface area contributed by atoms with Gasteiger partial charge in [0.25, 0.3) is 5.69 Å². The van der Waals surface area contributed by atoms with E-state index in [0.717, 1.165) is 18.2 Å². The lowest BCUT2D eigenvalue weighted by Crippen LogP contribution is -2.23. The van der Waals surface area contributed by atoms with Gasteiger partial charge >= 0.3 is 0 Å². The molecule has 0 aliphatic rings. The molecule has 8 heteroatoms. The Morgan fingerprint density at radius 3 is 2.56 bits per heavy atom. The monoisotopic (exact) mass is 245 g/mol. The zero-order chi connectivity index (χ0) is 12.3. The van der Waals surface area contributed by atoms with E-state index in [1.807, 2.05) is 0 Å². The van der Waals surface area contributed by atoms with E-state index in [9.17, 15) is 18.5 Å². The molecule has 7 nitrogen and oxygen atoms in total. The normalized spacial score (nSPS) is 11.3. The number of nitrogens with zero attached hydrogens (tertiary/aromatic N) is 1. The van der Waals surface area contributed by atoms with E-state index in [-0.39, 0.29) is 22.8 Å². The zero-order valence-electron chi connectivity index (χ0n) is 8.50. The van der Waals surface area contributed by atoms with Crippen LogP contribution in [0.4, 0.5) is 11.4 Å². The average Bonchev–Trinajstić information content (AvgIpc) is 2.16. The Kier molecular flexibility index (Phi) is 3.45. The summed E-state index contributed by atoms with van der Waals surface area (Å²) < 4.78 is 25.3. The van der Waals surface area contributed by atoms with Gasteiger partial charge in [-0.2, -0.15) is 0 Å². The minimum atomic E-state index is -3.63. The number of hydrogen-bond acceptors (Lipinski definition) is 5. The Morgan fingerprint density at radius 1 is 1.50 bits per heavy atom. The number of nitrogens with one attached hydrogen (secondary N) is 1. The van der Waals surface area contributed by atoms with Gasteiger partial charge in [0.05, 0.1) is 9.82 Å². The Morgan fingerprint density at radius 2 is 2.12 bits per heavy atom. The third kappa shape index (κ3) is 2.47. The largest absolute Gasteiger partial charge is 0.393 e. The SMILES string of the molecule is CCNS(=O)(=O)c1ccc([N+](=O)[O-])c(N)c1. The van der Waals surface area contributed by atoms with Crippen molar-refractivity contribution in [2.75, 3.05) is 12.3 Å². The van der Waals surface area contributed by atoms with Crippen LogP contribution in [-0.2, 0) is 10.0 Å². The molecule has 0 radical (unpaired) electrons. The van der Waals surface area contributed by atoms with Crippen LogP contribution in [0.15, 0.2) is 23.1 Å². The van der Waals surface area contributed by atoms with E-state index in [1.54, 1.807) is 6.92 Å². The first-order valence-corrected chi connectivity index (χ1v) is 5.90. The number of rotatable bonds is 4. The van der Waals surface area contributed by atoms with Gasteiger partial charge in [-0.25, -0.2) is 13.1 Å². The number of nitro groups is 1. The molecule has 0 aliphatic carbocycles. The van der Waals surface area contributed by atoms with Gasteiger partial charge in [0, 0.05) is 12.6 Å². The highest BCUT2D eigenvalue weighted by Gasteiger charge is 2.17. The van der Waals surface area contributed by atoms with Gasteiger partial charge in [-0.15, -0.1) is 0 Å². The van der Waals surface area contributed by atoms with Crippen LogP contribution in [0.25, 0.3) is 0 Å². The smallest absolute Gasteiger partial charge is 0.292 e. The summed E-state index contributed by atoms with van der Waals surface area (Å²) in [4.78, 5) is 9.72. The Bertz CT molecular complexity index is 512. The number of anilines is 1. The highest BCUT2D eigenvalue weighted by molar-refractivity contribution is 7.89. The van der Waals surface area contributed by atoms with Crippen molar-refractivity contribution in [1.29, 1.82) is 0 Å². The lowest BCUT2D eigenvalue weighted by molar-refractivity contribution is -0.383. The number of sulfonamides is 1. The highest BCUT2D eigenvalue weighted by atomic mass is 32.2. The molecule has 0 bridgehead atoms. The summed E-state index contributed by atoms with van der Waals surface area (Å²) in [5.74, 6) is 0. The topological polar surface area (TPSA) is 115 Å². The van der Waals surface area contributed by atoms with Crippen molar-refractivity contribution in [3.8, 4) is 0 Å². The number of nitrogen functional groups attached to an aromatic ring is 1. The predicted molar refractivity (Wildman–Crippen MR) is 58.4 cm³/mol. The molecule has 0 spiro atoms. The Hall–Kier alpha value is -1.67. The minimum Gasteiger partial charge on any atom is -0.393 e. The second-order valence-corrected chi connectivity index (χ2v) is 4.75. The van der Waals surface area contributed by atoms with E-state index < -0.39 is 14.9 Å². The lowest BCUT2D eigenvalue weighted by atomic mass is 10.3. The van der Waals surface area contributed by atoms with Crippen molar-refractivity contribution >= 4 is 21.4 Å². The molecule has 16 heavy (non-hydrogen) atoms. The van der Waals surface area contributed by atoms with E-state index in [0.29, 0.717) is 0 Å². The average molecular weight is 245 g/mol. The van der Waals surface area contributed by atoms with E-state index in [2.05, 4.69) is 4.72 Å². The van der Waals surface area contributed by atoms with E-state index in [4.69, 9.17) is 5.73 Å². The number of hydrogen-bond donors (Lipinski definition) is 2. The first kappa shape index (κ1) is 12.4. The van der Waals surface area contributed by atoms with Crippen LogP contribution in [0.1, 0.15) is 6.92 Å². The van der Waals surface area contributed by atoms with Crippen molar-refractivity contribution in [2.45, 2.75) is 11.8 Å². The molecule has 0 heterocycles. The molecule has 0 unspecified atom stereocenters. The molecule has 0 fully saturated rings. The summed E-state index contributed by atoms with van der Waals surface area (Å²) in [6.45, 7) is 1.87. The molecule has 0 amide bonds. The second kappa shape index (κ2) is 4.45. The van der Waals surface area contributed by atoms with Crippen LogP contribution in [0.3, 0.4) is 0 Å². The molecule has 0 saturated carbocycles. The molecule has 88 valence electrons. The van der Waals surface area contributed by atoms with Crippen LogP contribution in [0.5, 0.6) is 0 Å². The first-order valence-electron chi connectivity index (χ1n) is 4.42. The van der Waals surface area contributed by atoms with Gasteiger partial charge in [0.1, 0.15) is 5.69 Å². The highest BCUT2D eigenvalue weighted by Crippen LogP contribution is 2.24. The second-order valence-electron chi connectivity index (χ2n) is 2.98. The number of benzene rings is 1. The summed E-state index contributed by atoms with van der Waals surface area (Å²) in [7, 11) is -3.63. The maximum absolute atomic E-state index is 11.5. The summed E-state index contributed by atoms with van der Waals surface area (Å²) >= 11 is 0. The molecule has 1 aromatic carbocycles. The van der Waals surface area contributed by atoms with Gasteiger partial charge in [-0.3, -0.25) is 10.1 Å². The molecule has 3 N–H and O–H groups in total. The summed E-state index contributed by atoms with van der Waals surface area (Å²) in [5.41, 5.74) is 4.89. The van der Waals surface area contributed by atoms with Crippen LogP contribution in [0, 0.1) is 10.1 Å². The van der Waals surface area contributed by atoms with Gasteiger partial charge < -0.3 is 5.73 Å². The number of nitro benzene ring substituents is 1. The van der Waals surface area contributed by atoms with Crippen molar-refractivity contribution in [3.63, 3.8) is 0 Å². The molecule has 0 saturated heterocycles. The quantitative estimate of drug-likeness (QED) is 0.454.